The quantitative estimate of drug-likeness (QED) is 0.821. The van der Waals surface area contributed by atoms with E-state index in [9.17, 15) is 4.79 Å². The largest absolute Gasteiger partial charge is 0.399 e. The Morgan fingerprint density at radius 2 is 1.74 bits per heavy atom. The standard InChI is InChI=1S/C14H16N4O/c1-9-7-10(2)17-14(16-9)18-13(19)8-11-3-5-12(15)6-4-11/h3-7H,8,15H2,1-2H3,(H,16,17,18,19). The third kappa shape index (κ3) is 3.77. The summed E-state index contributed by atoms with van der Waals surface area (Å²) in [5, 5.41) is 2.69. The van der Waals surface area contributed by atoms with Crippen LogP contribution in [0, 0.1) is 13.8 Å². The van der Waals surface area contributed by atoms with E-state index in [1.807, 2.05) is 32.0 Å². The van der Waals surface area contributed by atoms with Crippen LogP contribution in [0.15, 0.2) is 30.3 Å². The van der Waals surface area contributed by atoms with E-state index in [0.717, 1.165) is 17.0 Å². The maximum absolute atomic E-state index is 11.9. The van der Waals surface area contributed by atoms with Crippen molar-refractivity contribution in [3.63, 3.8) is 0 Å². The van der Waals surface area contributed by atoms with Gasteiger partial charge in [-0.25, -0.2) is 9.97 Å². The number of amides is 1. The van der Waals surface area contributed by atoms with Crippen molar-refractivity contribution >= 4 is 17.5 Å². The number of nitrogens with zero attached hydrogens (tertiary/aromatic N) is 2. The van der Waals surface area contributed by atoms with Gasteiger partial charge in [-0.05, 0) is 37.6 Å². The van der Waals surface area contributed by atoms with Crippen LogP contribution in [0.1, 0.15) is 17.0 Å². The van der Waals surface area contributed by atoms with Gasteiger partial charge in [0.05, 0.1) is 6.42 Å². The van der Waals surface area contributed by atoms with E-state index in [4.69, 9.17) is 5.73 Å². The van der Waals surface area contributed by atoms with E-state index in [-0.39, 0.29) is 12.3 Å². The fourth-order valence-electron chi connectivity index (χ4n) is 1.77. The molecule has 0 unspecified atom stereocenters. The number of carbonyl (C=O) groups is 1. The van der Waals surface area contributed by atoms with Crippen LogP contribution in [0.3, 0.4) is 0 Å². The molecule has 0 aliphatic heterocycles. The highest BCUT2D eigenvalue weighted by Crippen LogP contribution is 2.08. The summed E-state index contributed by atoms with van der Waals surface area (Å²) in [7, 11) is 0. The molecule has 0 fully saturated rings. The Morgan fingerprint density at radius 1 is 1.16 bits per heavy atom. The molecule has 0 radical (unpaired) electrons. The topological polar surface area (TPSA) is 80.9 Å². The summed E-state index contributed by atoms with van der Waals surface area (Å²) in [5.41, 5.74) is 8.83. The molecule has 0 spiro atoms. The van der Waals surface area contributed by atoms with Gasteiger partial charge < -0.3 is 5.73 Å². The Balaban J connectivity index is 2.03. The number of nitrogens with one attached hydrogen (secondary N) is 1. The summed E-state index contributed by atoms with van der Waals surface area (Å²) in [5.74, 6) is 0.202. The number of nitrogens with two attached hydrogens (primary N) is 1. The maximum Gasteiger partial charge on any atom is 0.231 e. The van der Waals surface area contributed by atoms with Crippen molar-refractivity contribution in [3.8, 4) is 0 Å². The molecule has 0 aliphatic carbocycles. The lowest BCUT2D eigenvalue weighted by Gasteiger charge is -2.06. The molecule has 1 aromatic carbocycles. The Morgan fingerprint density at radius 3 is 2.32 bits per heavy atom. The van der Waals surface area contributed by atoms with E-state index >= 15 is 0 Å². The molecule has 5 heteroatoms. The first-order chi connectivity index (χ1) is 9.02. The summed E-state index contributed by atoms with van der Waals surface area (Å²) in [6, 6.07) is 9.07. The molecule has 3 N–H and O–H groups in total. The Labute approximate surface area is 111 Å². The summed E-state index contributed by atoms with van der Waals surface area (Å²) >= 11 is 0. The van der Waals surface area contributed by atoms with Crippen LogP contribution in [0.25, 0.3) is 0 Å². The highest BCUT2D eigenvalue weighted by molar-refractivity contribution is 5.90. The van der Waals surface area contributed by atoms with Gasteiger partial charge in [-0.3, -0.25) is 10.1 Å². The van der Waals surface area contributed by atoms with Crippen LogP contribution >= 0.6 is 0 Å². The monoisotopic (exact) mass is 256 g/mol. The Hall–Kier alpha value is -2.43. The number of nitrogen functional groups attached to an aromatic ring is 1. The number of hydrogen-bond donors (Lipinski definition) is 2. The van der Waals surface area contributed by atoms with E-state index in [1.165, 1.54) is 0 Å². The molecule has 1 amide bonds. The van der Waals surface area contributed by atoms with Crippen LogP contribution in [-0.2, 0) is 11.2 Å². The fraction of sp³-hybridized carbons (Fsp3) is 0.214. The van der Waals surface area contributed by atoms with Gasteiger partial charge >= 0.3 is 0 Å². The average molecular weight is 256 g/mol. The lowest BCUT2D eigenvalue weighted by atomic mass is 10.1. The lowest BCUT2D eigenvalue weighted by Crippen LogP contribution is -2.17. The van der Waals surface area contributed by atoms with Gasteiger partial charge in [-0.2, -0.15) is 0 Å². The second-order valence-corrected chi connectivity index (χ2v) is 4.44. The van der Waals surface area contributed by atoms with Crippen molar-refractivity contribution in [2.24, 2.45) is 0 Å². The zero-order valence-electron chi connectivity index (χ0n) is 11.0. The maximum atomic E-state index is 11.9. The molecule has 5 nitrogen and oxygen atoms in total. The van der Waals surface area contributed by atoms with Gasteiger partial charge in [-0.1, -0.05) is 12.1 Å². The van der Waals surface area contributed by atoms with Gasteiger partial charge in [0.1, 0.15) is 0 Å². The number of aryl methyl sites for hydroxylation is 2. The number of carbonyl (C=O) groups excluding carboxylic acids is 1. The van der Waals surface area contributed by atoms with E-state index in [0.29, 0.717) is 11.6 Å². The summed E-state index contributed by atoms with van der Waals surface area (Å²) < 4.78 is 0. The first kappa shape index (κ1) is 13.0. The Kier molecular flexibility index (Phi) is 3.75. The summed E-state index contributed by atoms with van der Waals surface area (Å²) in [6.07, 6.45) is 0.274. The smallest absolute Gasteiger partial charge is 0.231 e. The molecule has 19 heavy (non-hydrogen) atoms. The van der Waals surface area contributed by atoms with Crippen LogP contribution in [0.2, 0.25) is 0 Å². The highest BCUT2D eigenvalue weighted by atomic mass is 16.1. The van der Waals surface area contributed by atoms with E-state index < -0.39 is 0 Å². The van der Waals surface area contributed by atoms with Gasteiger partial charge in [0.25, 0.3) is 0 Å². The first-order valence-electron chi connectivity index (χ1n) is 5.99. The van der Waals surface area contributed by atoms with Gasteiger partial charge in [0, 0.05) is 17.1 Å². The second kappa shape index (κ2) is 5.48. The van der Waals surface area contributed by atoms with Crippen LogP contribution in [0.5, 0.6) is 0 Å². The minimum Gasteiger partial charge on any atom is -0.399 e. The molecule has 98 valence electrons. The Bertz CT molecular complexity index is 573. The third-order valence-corrected chi connectivity index (χ3v) is 2.58. The van der Waals surface area contributed by atoms with Crippen molar-refractivity contribution in [2.45, 2.75) is 20.3 Å². The van der Waals surface area contributed by atoms with Gasteiger partial charge in [-0.15, -0.1) is 0 Å². The summed E-state index contributed by atoms with van der Waals surface area (Å²) in [4.78, 5) is 20.2. The van der Waals surface area contributed by atoms with Crippen molar-refractivity contribution < 1.29 is 4.79 Å². The third-order valence-electron chi connectivity index (χ3n) is 2.58. The zero-order chi connectivity index (χ0) is 13.8. The second-order valence-electron chi connectivity index (χ2n) is 4.44. The number of aromatic nitrogens is 2. The molecule has 1 heterocycles. The molecule has 0 aliphatic rings. The minimum atomic E-state index is -0.144. The van der Waals surface area contributed by atoms with E-state index in [2.05, 4.69) is 15.3 Å². The molecular formula is C14H16N4O. The van der Waals surface area contributed by atoms with Gasteiger partial charge in [0.15, 0.2) is 0 Å². The molecule has 2 rings (SSSR count). The predicted molar refractivity (Wildman–Crippen MR) is 74.7 cm³/mol. The van der Waals surface area contributed by atoms with Crippen molar-refractivity contribution in [3.05, 3.63) is 47.3 Å². The zero-order valence-corrected chi connectivity index (χ0v) is 11.0. The van der Waals surface area contributed by atoms with Crippen molar-refractivity contribution in [1.29, 1.82) is 0 Å². The van der Waals surface area contributed by atoms with Crippen LogP contribution < -0.4 is 11.1 Å². The van der Waals surface area contributed by atoms with Crippen molar-refractivity contribution in [1.82, 2.24) is 9.97 Å². The lowest BCUT2D eigenvalue weighted by molar-refractivity contribution is -0.115. The molecule has 0 bridgehead atoms. The number of anilines is 2. The molecule has 0 saturated carbocycles. The van der Waals surface area contributed by atoms with Crippen LogP contribution in [0.4, 0.5) is 11.6 Å². The van der Waals surface area contributed by atoms with Crippen molar-refractivity contribution in [2.75, 3.05) is 11.1 Å². The minimum absolute atomic E-state index is 0.144. The highest BCUT2D eigenvalue weighted by Gasteiger charge is 2.06. The molecule has 2 aromatic rings. The number of hydrogen-bond acceptors (Lipinski definition) is 4. The summed E-state index contributed by atoms with van der Waals surface area (Å²) in [6.45, 7) is 3.73. The number of benzene rings is 1. The van der Waals surface area contributed by atoms with Gasteiger partial charge in [0.2, 0.25) is 11.9 Å². The first-order valence-corrected chi connectivity index (χ1v) is 5.99. The molecular weight excluding hydrogens is 240 g/mol. The molecule has 0 saturated heterocycles. The number of rotatable bonds is 3. The SMILES string of the molecule is Cc1cc(C)nc(NC(=O)Cc2ccc(N)cc2)n1. The fourth-order valence-corrected chi connectivity index (χ4v) is 1.77. The normalized spacial score (nSPS) is 10.2. The average Bonchev–Trinajstić information content (AvgIpc) is 2.30. The van der Waals surface area contributed by atoms with Crippen LogP contribution in [-0.4, -0.2) is 15.9 Å². The molecule has 1 aromatic heterocycles. The van der Waals surface area contributed by atoms with E-state index in [1.54, 1.807) is 12.1 Å². The predicted octanol–water partition coefficient (Wildman–Crippen LogP) is 1.86. The molecule has 0 atom stereocenters.